The summed E-state index contributed by atoms with van der Waals surface area (Å²) in [6.45, 7) is 0.713. The molecule has 0 aromatic heterocycles. The van der Waals surface area contributed by atoms with Crippen LogP contribution in [0.2, 0.25) is 0 Å². The van der Waals surface area contributed by atoms with Crippen LogP contribution in [0.1, 0.15) is 19.3 Å². The molecule has 1 saturated heterocycles. The van der Waals surface area contributed by atoms with Gasteiger partial charge in [-0.3, -0.25) is 0 Å². The van der Waals surface area contributed by atoms with Crippen molar-refractivity contribution in [1.82, 2.24) is 4.90 Å². The van der Waals surface area contributed by atoms with Gasteiger partial charge in [0, 0.05) is 20.5 Å². The summed E-state index contributed by atoms with van der Waals surface area (Å²) < 4.78 is 10.7. The Balaban J connectivity index is 2.45. The molecule has 1 unspecified atom stereocenters. The molecule has 1 rings (SSSR count). The number of rotatable bonds is 1. The summed E-state index contributed by atoms with van der Waals surface area (Å²) in [6.07, 6.45) is 2.70. The normalized spacial score (nSPS) is 28.5. The minimum absolute atomic E-state index is 0.308. The van der Waals surface area contributed by atoms with Gasteiger partial charge >= 0.3 is 6.09 Å². The Bertz CT molecular complexity index is 190. The Morgan fingerprint density at radius 1 is 1.54 bits per heavy atom. The molecule has 1 aliphatic heterocycles. The third kappa shape index (κ3) is 3.00. The molecule has 1 aliphatic rings. The van der Waals surface area contributed by atoms with Crippen molar-refractivity contribution in [3.05, 3.63) is 0 Å². The molecule has 4 nitrogen and oxygen atoms in total. The minimum atomic E-state index is -0.570. The second kappa shape index (κ2) is 4.10. The van der Waals surface area contributed by atoms with E-state index in [0.717, 1.165) is 29.5 Å². The van der Waals surface area contributed by atoms with Gasteiger partial charge in [-0.25, -0.2) is 4.79 Å². The number of ether oxygens (including phenoxy) is 2. The van der Waals surface area contributed by atoms with Gasteiger partial charge in [-0.1, -0.05) is 0 Å². The van der Waals surface area contributed by atoms with E-state index < -0.39 is 5.41 Å². The molecule has 0 spiro atoms. The fraction of sp³-hybridized carbons (Fsp3) is 0.875. The first-order valence-electron chi connectivity index (χ1n) is 4.58. The van der Waals surface area contributed by atoms with Gasteiger partial charge in [0.25, 0.3) is 0 Å². The van der Waals surface area contributed by atoms with Crippen LogP contribution in [0.15, 0.2) is 0 Å². The van der Waals surface area contributed by atoms with Crippen molar-refractivity contribution >= 4 is 16.3 Å². The molecule has 0 aromatic rings. The standard InChI is InChI=1S/C8H17NO3Si/c1-9(2)7(10)12-8(13)5-3-4-6-11-8/h3-6H2,1-2,13H3. The average Bonchev–Trinajstić information content (AvgIpc) is 2.04. The van der Waals surface area contributed by atoms with E-state index in [1.807, 2.05) is 0 Å². The lowest BCUT2D eigenvalue weighted by atomic mass is 10.2. The summed E-state index contributed by atoms with van der Waals surface area (Å²) in [4.78, 5) is 12.7. The first-order valence-corrected chi connectivity index (χ1v) is 5.58. The van der Waals surface area contributed by atoms with Crippen molar-refractivity contribution in [1.29, 1.82) is 0 Å². The van der Waals surface area contributed by atoms with Crippen molar-refractivity contribution in [3.8, 4) is 0 Å². The molecule has 0 saturated carbocycles. The molecule has 13 heavy (non-hydrogen) atoms. The zero-order chi connectivity index (χ0) is 9.90. The van der Waals surface area contributed by atoms with E-state index in [2.05, 4.69) is 0 Å². The molecule has 0 aliphatic carbocycles. The zero-order valence-electron chi connectivity index (χ0n) is 8.50. The second-order valence-electron chi connectivity index (χ2n) is 3.70. The van der Waals surface area contributed by atoms with Crippen LogP contribution in [0.4, 0.5) is 4.79 Å². The number of hydrogen-bond acceptors (Lipinski definition) is 3. The molecule has 0 N–H and O–H groups in total. The Labute approximate surface area is 81.6 Å². The van der Waals surface area contributed by atoms with Crippen LogP contribution in [0, 0.1) is 0 Å². The van der Waals surface area contributed by atoms with Crippen molar-refractivity contribution in [2.45, 2.75) is 24.7 Å². The predicted molar refractivity (Wildman–Crippen MR) is 52.6 cm³/mol. The fourth-order valence-corrected chi connectivity index (χ4v) is 2.00. The van der Waals surface area contributed by atoms with E-state index in [4.69, 9.17) is 9.47 Å². The molecule has 1 atom stereocenters. The average molecular weight is 203 g/mol. The molecule has 76 valence electrons. The van der Waals surface area contributed by atoms with Crippen molar-refractivity contribution in [2.75, 3.05) is 20.7 Å². The molecule has 1 amide bonds. The lowest BCUT2D eigenvalue weighted by Gasteiger charge is -2.34. The van der Waals surface area contributed by atoms with Crippen LogP contribution >= 0.6 is 0 Å². The lowest BCUT2D eigenvalue weighted by molar-refractivity contribution is -0.167. The Morgan fingerprint density at radius 3 is 2.69 bits per heavy atom. The number of carbonyl (C=O) groups is 1. The highest BCUT2D eigenvalue weighted by Crippen LogP contribution is 2.23. The predicted octanol–water partition coefficient (Wildman–Crippen LogP) is -0.0957. The van der Waals surface area contributed by atoms with Gasteiger partial charge in [0.2, 0.25) is 0 Å². The highest BCUT2D eigenvalue weighted by molar-refractivity contribution is 6.14. The third-order valence-corrected chi connectivity index (χ3v) is 3.09. The number of nitrogens with zero attached hydrogens (tertiary/aromatic N) is 1. The highest BCUT2D eigenvalue weighted by Gasteiger charge is 2.31. The topological polar surface area (TPSA) is 38.8 Å². The molecule has 0 bridgehead atoms. The van der Waals surface area contributed by atoms with Gasteiger partial charge in [0.15, 0.2) is 5.41 Å². The van der Waals surface area contributed by atoms with Crippen molar-refractivity contribution in [3.63, 3.8) is 0 Å². The van der Waals surface area contributed by atoms with E-state index >= 15 is 0 Å². The second-order valence-corrected chi connectivity index (χ2v) is 5.23. The Hall–Kier alpha value is -0.553. The monoisotopic (exact) mass is 203 g/mol. The van der Waals surface area contributed by atoms with Gasteiger partial charge in [0.1, 0.15) is 0 Å². The number of carbonyl (C=O) groups excluding carboxylic acids is 1. The van der Waals surface area contributed by atoms with Crippen LogP contribution < -0.4 is 0 Å². The molecule has 1 heterocycles. The van der Waals surface area contributed by atoms with E-state index in [0.29, 0.717) is 6.61 Å². The van der Waals surface area contributed by atoms with E-state index in [1.165, 1.54) is 4.90 Å². The van der Waals surface area contributed by atoms with Gasteiger partial charge in [-0.2, -0.15) is 0 Å². The summed E-state index contributed by atoms with van der Waals surface area (Å²) in [5, 5.41) is 0. The summed E-state index contributed by atoms with van der Waals surface area (Å²) >= 11 is 0. The highest BCUT2D eigenvalue weighted by atomic mass is 28.1. The van der Waals surface area contributed by atoms with Crippen LogP contribution in [0.5, 0.6) is 0 Å². The Morgan fingerprint density at radius 2 is 2.23 bits per heavy atom. The summed E-state index contributed by atoms with van der Waals surface area (Å²) in [7, 11) is 4.09. The number of hydrogen-bond donors (Lipinski definition) is 0. The first kappa shape index (κ1) is 10.5. The van der Waals surface area contributed by atoms with Crippen LogP contribution in [-0.2, 0) is 9.47 Å². The van der Waals surface area contributed by atoms with E-state index in [1.54, 1.807) is 14.1 Å². The summed E-state index contributed by atoms with van der Waals surface area (Å²) in [6, 6.07) is 0. The summed E-state index contributed by atoms with van der Waals surface area (Å²) in [5.41, 5.74) is -0.570. The molecule has 1 fully saturated rings. The minimum Gasteiger partial charge on any atom is -0.422 e. The molecular weight excluding hydrogens is 186 g/mol. The molecule has 0 aromatic carbocycles. The smallest absolute Gasteiger partial charge is 0.411 e. The largest absolute Gasteiger partial charge is 0.422 e. The van der Waals surface area contributed by atoms with Crippen LogP contribution in [0.25, 0.3) is 0 Å². The summed E-state index contributed by atoms with van der Waals surface area (Å²) in [5.74, 6) is 0. The van der Waals surface area contributed by atoms with Crippen molar-refractivity contribution in [2.24, 2.45) is 0 Å². The quantitative estimate of drug-likeness (QED) is 0.559. The maximum absolute atomic E-state index is 11.3. The van der Waals surface area contributed by atoms with Crippen LogP contribution in [0.3, 0.4) is 0 Å². The number of amides is 1. The maximum Gasteiger partial charge on any atom is 0.411 e. The maximum atomic E-state index is 11.3. The van der Waals surface area contributed by atoms with E-state index in [-0.39, 0.29) is 6.09 Å². The van der Waals surface area contributed by atoms with Gasteiger partial charge in [0.05, 0.1) is 16.8 Å². The zero-order valence-corrected chi connectivity index (χ0v) is 10.5. The van der Waals surface area contributed by atoms with Gasteiger partial charge in [-0.05, 0) is 12.8 Å². The molecule has 5 heteroatoms. The van der Waals surface area contributed by atoms with Gasteiger partial charge in [-0.15, -0.1) is 0 Å². The lowest BCUT2D eigenvalue weighted by Crippen LogP contribution is -2.44. The fourth-order valence-electron chi connectivity index (χ4n) is 1.26. The van der Waals surface area contributed by atoms with E-state index in [9.17, 15) is 4.79 Å². The third-order valence-electron chi connectivity index (χ3n) is 2.10. The SMILES string of the molecule is CN(C)C(=O)OC1([SiH3])CCCCO1. The van der Waals surface area contributed by atoms with Crippen molar-refractivity contribution < 1.29 is 14.3 Å². The van der Waals surface area contributed by atoms with Crippen LogP contribution in [-0.4, -0.2) is 47.3 Å². The van der Waals surface area contributed by atoms with Gasteiger partial charge < -0.3 is 14.4 Å². The molecular formula is C8H17NO3Si. The first-order chi connectivity index (χ1) is 6.03. The molecule has 0 radical (unpaired) electrons. The Kier molecular flexibility index (Phi) is 3.32.